The molecule has 1 N–H and O–H groups in total. The van der Waals surface area contributed by atoms with E-state index in [1.54, 1.807) is 14.0 Å². The predicted octanol–water partition coefficient (Wildman–Crippen LogP) is 1.34. The molecule has 0 saturated carbocycles. The highest BCUT2D eigenvalue weighted by atomic mass is 16.5. The van der Waals surface area contributed by atoms with Crippen LogP contribution in [-0.2, 0) is 14.3 Å². The zero-order valence-electron chi connectivity index (χ0n) is 10.4. The van der Waals surface area contributed by atoms with Crippen molar-refractivity contribution in [3.8, 4) is 0 Å². The zero-order chi connectivity index (χ0) is 11.9. The molecular formula is C11H23NO3. The molecule has 0 spiro atoms. The van der Waals surface area contributed by atoms with Crippen molar-refractivity contribution in [2.45, 2.75) is 45.8 Å². The van der Waals surface area contributed by atoms with Gasteiger partial charge in [0, 0.05) is 0 Å². The Labute approximate surface area is 92.3 Å². The summed E-state index contributed by atoms with van der Waals surface area (Å²) in [5.74, 6) is -0.257. The first kappa shape index (κ1) is 14.4. The number of rotatable bonds is 7. The number of esters is 1. The van der Waals surface area contributed by atoms with Gasteiger partial charge >= 0.3 is 5.97 Å². The SMILES string of the molecule is CCOC(=O)C(COC(C)(C)CC)NC. The van der Waals surface area contributed by atoms with Gasteiger partial charge in [0.05, 0.1) is 18.8 Å². The standard InChI is InChI=1S/C11H23NO3/c1-6-11(3,4)15-8-9(12-5)10(13)14-7-2/h9,12H,6-8H2,1-5H3. The lowest BCUT2D eigenvalue weighted by atomic mass is 10.1. The van der Waals surface area contributed by atoms with E-state index in [1.165, 1.54) is 0 Å². The quantitative estimate of drug-likeness (QED) is 0.654. The van der Waals surface area contributed by atoms with Gasteiger partial charge in [-0.15, -0.1) is 0 Å². The molecule has 90 valence electrons. The second kappa shape index (κ2) is 6.80. The summed E-state index contributed by atoms with van der Waals surface area (Å²) in [6.07, 6.45) is 0.909. The van der Waals surface area contributed by atoms with Crippen molar-refractivity contribution in [1.82, 2.24) is 5.32 Å². The van der Waals surface area contributed by atoms with Crippen molar-refractivity contribution in [2.24, 2.45) is 0 Å². The molecule has 0 heterocycles. The second-order valence-corrected chi connectivity index (χ2v) is 4.02. The summed E-state index contributed by atoms with van der Waals surface area (Å²) < 4.78 is 10.5. The van der Waals surface area contributed by atoms with Crippen LogP contribution in [-0.4, -0.2) is 37.9 Å². The average molecular weight is 217 g/mol. The first-order valence-corrected chi connectivity index (χ1v) is 5.44. The van der Waals surface area contributed by atoms with Crippen LogP contribution in [0.5, 0.6) is 0 Å². The molecule has 0 aliphatic carbocycles. The van der Waals surface area contributed by atoms with Gasteiger partial charge in [-0.2, -0.15) is 0 Å². The van der Waals surface area contributed by atoms with Gasteiger partial charge < -0.3 is 14.8 Å². The molecule has 15 heavy (non-hydrogen) atoms. The minimum absolute atomic E-state index is 0.193. The summed E-state index contributed by atoms with van der Waals surface area (Å²) >= 11 is 0. The molecule has 0 saturated heterocycles. The molecule has 1 unspecified atom stereocenters. The number of hydrogen-bond donors (Lipinski definition) is 1. The third kappa shape index (κ3) is 5.74. The van der Waals surface area contributed by atoms with Crippen molar-refractivity contribution < 1.29 is 14.3 Å². The summed E-state index contributed by atoms with van der Waals surface area (Å²) in [5, 5.41) is 2.88. The van der Waals surface area contributed by atoms with E-state index in [9.17, 15) is 4.79 Å². The first-order chi connectivity index (χ1) is 6.96. The van der Waals surface area contributed by atoms with Crippen LogP contribution in [0.1, 0.15) is 34.1 Å². The predicted molar refractivity (Wildman–Crippen MR) is 59.8 cm³/mol. The lowest BCUT2D eigenvalue weighted by Crippen LogP contribution is -2.42. The molecule has 0 rings (SSSR count). The molecule has 4 nitrogen and oxygen atoms in total. The summed E-state index contributed by atoms with van der Waals surface area (Å²) in [5.41, 5.74) is -0.193. The van der Waals surface area contributed by atoms with Crippen LogP contribution in [0, 0.1) is 0 Å². The molecule has 0 aliphatic rings. The van der Waals surface area contributed by atoms with E-state index in [4.69, 9.17) is 9.47 Å². The van der Waals surface area contributed by atoms with Gasteiger partial charge in [0.15, 0.2) is 0 Å². The Morgan fingerprint density at radius 3 is 2.40 bits per heavy atom. The monoisotopic (exact) mass is 217 g/mol. The van der Waals surface area contributed by atoms with Crippen LogP contribution in [0.4, 0.5) is 0 Å². The molecule has 4 heteroatoms. The van der Waals surface area contributed by atoms with E-state index in [2.05, 4.69) is 12.2 Å². The average Bonchev–Trinajstić information content (AvgIpc) is 2.19. The zero-order valence-corrected chi connectivity index (χ0v) is 10.4. The number of hydrogen-bond acceptors (Lipinski definition) is 4. The van der Waals surface area contributed by atoms with Crippen LogP contribution in [0.15, 0.2) is 0 Å². The molecule has 0 fully saturated rings. The molecule has 0 aromatic rings. The lowest BCUT2D eigenvalue weighted by molar-refractivity contribution is -0.149. The molecule has 0 radical (unpaired) electrons. The largest absolute Gasteiger partial charge is 0.465 e. The van der Waals surface area contributed by atoms with E-state index in [1.807, 2.05) is 13.8 Å². The van der Waals surface area contributed by atoms with Crippen LogP contribution < -0.4 is 5.32 Å². The Morgan fingerprint density at radius 2 is 2.00 bits per heavy atom. The first-order valence-electron chi connectivity index (χ1n) is 5.44. The van der Waals surface area contributed by atoms with E-state index < -0.39 is 0 Å². The number of likely N-dealkylation sites (N-methyl/N-ethyl adjacent to an activating group) is 1. The van der Waals surface area contributed by atoms with E-state index in [0.29, 0.717) is 13.2 Å². The summed E-state index contributed by atoms with van der Waals surface area (Å²) in [7, 11) is 1.73. The summed E-state index contributed by atoms with van der Waals surface area (Å²) in [6.45, 7) is 8.60. The highest BCUT2D eigenvalue weighted by Gasteiger charge is 2.22. The summed E-state index contributed by atoms with van der Waals surface area (Å²) in [6, 6.07) is -0.379. The molecule has 0 aromatic carbocycles. The minimum Gasteiger partial charge on any atom is -0.465 e. The number of ether oxygens (including phenoxy) is 2. The Balaban J connectivity index is 4.05. The number of carbonyl (C=O) groups excluding carboxylic acids is 1. The van der Waals surface area contributed by atoms with Crippen molar-refractivity contribution >= 4 is 5.97 Å². The highest BCUT2D eigenvalue weighted by molar-refractivity contribution is 5.75. The molecule has 0 aromatic heterocycles. The number of nitrogens with one attached hydrogen (secondary N) is 1. The van der Waals surface area contributed by atoms with Crippen LogP contribution in [0.25, 0.3) is 0 Å². The third-order valence-electron chi connectivity index (χ3n) is 2.41. The fourth-order valence-corrected chi connectivity index (χ4v) is 0.923. The fraction of sp³-hybridized carbons (Fsp3) is 0.909. The van der Waals surface area contributed by atoms with Crippen molar-refractivity contribution in [3.05, 3.63) is 0 Å². The van der Waals surface area contributed by atoms with Gasteiger partial charge in [-0.05, 0) is 34.2 Å². The van der Waals surface area contributed by atoms with Gasteiger partial charge in [-0.3, -0.25) is 4.79 Å². The molecule has 0 aliphatic heterocycles. The van der Waals surface area contributed by atoms with Gasteiger partial charge in [-0.1, -0.05) is 6.92 Å². The van der Waals surface area contributed by atoms with Crippen molar-refractivity contribution in [3.63, 3.8) is 0 Å². The molecule has 0 amide bonds. The van der Waals surface area contributed by atoms with E-state index in [-0.39, 0.29) is 17.6 Å². The maximum absolute atomic E-state index is 11.4. The normalized spacial score (nSPS) is 13.7. The van der Waals surface area contributed by atoms with E-state index >= 15 is 0 Å². The van der Waals surface area contributed by atoms with Crippen LogP contribution in [0.3, 0.4) is 0 Å². The molecular weight excluding hydrogens is 194 g/mol. The highest BCUT2D eigenvalue weighted by Crippen LogP contribution is 2.13. The topological polar surface area (TPSA) is 47.6 Å². The second-order valence-electron chi connectivity index (χ2n) is 4.02. The summed E-state index contributed by atoms with van der Waals surface area (Å²) in [4.78, 5) is 11.4. The van der Waals surface area contributed by atoms with Gasteiger partial charge in [0.25, 0.3) is 0 Å². The van der Waals surface area contributed by atoms with Gasteiger partial charge in [0.2, 0.25) is 0 Å². The fourth-order valence-electron chi connectivity index (χ4n) is 0.923. The van der Waals surface area contributed by atoms with E-state index in [0.717, 1.165) is 6.42 Å². The van der Waals surface area contributed by atoms with Crippen molar-refractivity contribution in [2.75, 3.05) is 20.3 Å². The van der Waals surface area contributed by atoms with Crippen LogP contribution >= 0.6 is 0 Å². The molecule has 1 atom stereocenters. The van der Waals surface area contributed by atoms with Gasteiger partial charge in [0.1, 0.15) is 6.04 Å². The minimum atomic E-state index is -0.379. The Morgan fingerprint density at radius 1 is 1.40 bits per heavy atom. The molecule has 0 bridgehead atoms. The Hall–Kier alpha value is -0.610. The maximum Gasteiger partial charge on any atom is 0.325 e. The Kier molecular flexibility index (Phi) is 6.52. The Bertz CT molecular complexity index is 192. The van der Waals surface area contributed by atoms with Crippen molar-refractivity contribution in [1.29, 1.82) is 0 Å². The van der Waals surface area contributed by atoms with Crippen LogP contribution in [0.2, 0.25) is 0 Å². The third-order valence-corrected chi connectivity index (χ3v) is 2.41. The number of carbonyl (C=O) groups is 1. The maximum atomic E-state index is 11.4. The van der Waals surface area contributed by atoms with Gasteiger partial charge in [-0.25, -0.2) is 0 Å². The smallest absolute Gasteiger partial charge is 0.325 e. The lowest BCUT2D eigenvalue weighted by Gasteiger charge is -2.26.